The molecule has 0 spiro atoms. The number of halogens is 1. The zero-order valence-electron chi connectivity index (χ0n) is 38.1. The molecule has 7 rings (SSSR count). The lowest BCUT2D eigenvalue weighted by atomic mass is 9.98. The standard InChI is InChI=1S/C21H28N5O6P.C18H21ClN5O3P.C4H4O4/c1-14(2)30-21(27)16(4)31-33(28,32-17-8-6-5-7-9-17)13-29-15(3)10-26-12-25-18-19(22)23-11-24-20(18)26;19-15-3-1-2-13(8-15)14-4-6-27-28(25,9-14)12-26-7-5-24-11-23-16-17(20)21-10-22-18(16)24;5-3-8-2-1-4(6)7/h5-9,11-12,14-16H,10,13H2,1-4H3,(H2,22,23,24);1-3,8,10-11,14H,4-7,9,12H2,(H2,20,21,22);1-3H,(H,6,7)/b;;2-1+/t15-,16?,33-;14-,28?;/m11./s1. The summed E-state index contributed by atoms with van der Waals surface area (Å²) in [5.41, 5.74) is 15.0. The van der Waals surface area contributed by atoms with Crippen LogP contribution < -0.4 is 16.0 Å². The van der Waals surface area contributed by atoms with Gasteiger partial charge in [0.25, 0.3) is 6.47 Å². The van der Waals surface area contributed by atoms with Crippen molar-refractivity contribution in [2.75, 3.05) is 43.5 Å². The number of aliphatic carboxylic acids is 1. The van der Waals surface area contributed by atoms with Gasteiger partial charge in [-0.15, -0.1) is 0 Å². The summed E-state index contributed by atoms with van der Waals surface area (Å²) in [5.74, 6) is -0.669. The Balaban J connectivity index is 0.000000224. The number of nitrogen functional groups attached to an aromatic ring is 2. The van der Waals surface area contributed by atoms with E-state index in [1.165, 1.54) is 19.6 Å². The molecule has 2 aromatic carbocycles. The lowest BCUT2D eigenvalue weighted by molar-refractivity contribution is -0.155. The Morgan fingerprint density at radius 2 is 1.62 bits per heavy atom. The maximum absolute atomic E-state index is 13.5. The van der Waals surface area contributed by atoms with Crippen molar-refractivity contribution in [1.29, 1.82) is 0 Å². The van der Waals surface area contributed by atoms with Crippen LogP contribution in [-0.4, -0.2) is 113 Å². The molecular weight excluding hydrogens is 962 g/mol. The van der Waals surface area contributed by atoms with Gasteiger partial charge in [0.05, 0.1) is 50.7 Å². The number of carboxylic acid groups (broad SMARTS) is 1. The summed E-state index contributed by atoms with van der Waals surface area (Å²) < 4.78 is 67.5. The maximum atomic E-state index is 13.5. The molecule has 4 aromatic heterocycles. The van der Waals surface area contributed by atoms with Crippen molar-refractivity contribution in [3.63, 3.8) is 0 Å². The van der Waals surface area contributed by atoms with Crippen molar-refractivity contribution in [1.82, 2.24) is 39.0 Å². The highest BCUT2D eigenvalue weighted by Crippen LogP contribution is 2.54. The molecule has 0 radical (unpaired) electrons. The number of hydrogen-bond acceptors (Lipinski definition) is 20. The average molecular weight is 1020 g/mol. The molecule has 26 heteroatoms. The molecular formula is C43H53ClN10O13P2. The van der Waals surface area contributed by atoms with E-state index in [1.54, 1.807) is 68.3 Å². The van der Waals surface area contributed by atoms with Crippen LogP contribution in [0.1, 0.15) is 45.6 Å². The minimum atomic E-state index is -3.89. The summed E-state index contributed by atoms with van der Waals surface area (Å²) in [6.07, 6.45) is 6.61. The summed E-state index contributed by atoms with van der Waals surface area (Å²) >= 11 is 6.09. The molecule has 0 aliphatic carbocycles. The molecule has 23 nitrogen and oxygen atoms in total. The summed E-state index contributed by atoms with van der Waals surface area (Å²) in [4.78, 5) is 55.8. The first-order valence-electron chi connectivity index (χ1n) is 21.2. The molecule has 1 fully saturated rings. The molecule has 370 valence electrons. The molecule has 2 unspecified atom stereocenters. The van der Waals surface area contributed by atoms with Crippen LogP contribution in [0.3, 0.4) is 0 Å². The Kier molecular flexibility index (Phi) is 20.1. The average Bonchev–Trinajstić information content (AvgIpc) is 3.93. The van der Waals surface area contributed by atoms with Gasteiger partial charge in [-0.2, -0.15) is 0 Å². The van der Waals surface area contributed by atoms with Crippen LogP contribution in [0.5, 0.6) is 5.75 Å². The van der Waals surface area contributed by atoms with Gasteiger partial charge < -0.3 is 53.7 Å². The predicted octanol–water partition coefficient (Wildman–Crippen LogP) is 6.68. The molecule has 0 saturated carbocycles. The van der Waals surface area contributed by atoms with Gasteiger partial charge >= 0.3 is 19.5 Å². The highest BCUT2D eigenvalue weighted by molar-refractivity contribution is 7.58. The van der Waals surface area contributed by atoms with Crippen LogP contribution in [0.2, 0.25) is 5.02 Å². The maximum Gasteiger partial charge on any atom is 0.405 e. The Bertz CT molecular complexity index is 2760. The summed E-state index contributed by atoms with van der Waals surface area (Å²) in [6, 6.07) is 16.2. The first-order valence-corrected chi connectivity index (χ1v) is 25.3. The molecule has 1 saturated heterocycles. The lowest BCUT2D eigenvalue weighted by Crippen LogP contribution is -2.27. The van der Waals surface area contributed by atoms with Crippen LogP contribution in [0, 0.1) is 0 Å². The van der Waals surface area contributed by atoms with Crippen molar-refractivity contribution >= 4 is 78.9 Å². The van der Waals surface area contributed by atoms with Crippen molar-refractivity contribution in [3.8, 4) is 5.75 Å². The number of benzene rings is 2. The second-order valence-corrected chi connectivity index (χ2v) is 20.2. The molecule has 69 heavy (non-hydrogen) atoms. The Morgan fingerprint density at radius 3 is 2.26 bits per heavy atom. The number of nitrogens with two attached hydrogens (primary N) is 2. The second kappa shape index (κ2) is 25.9. The molecule has 0 bridgehead atoms. The molecule has 5 heterocycles. The zero-order valence-corrected chi connectivity index (χ0v) is 40.6. The molecule has 5 atom stereocenters. The zero-order chi connectivity index (χ0) is 50.0. The number of rotatable bonds is 20. The smallest absolute Gasteiger partial charge is 0.405 e. The summed E-state index contributed by atoms with van der Waals surface area (Å²) in [7, 11) is -6.74. The van der Waals surface area contributed by atoms with Gasteiger partial charge in [0.2, 0.25) is 7.37 Å². The highest BCUT2D eigenvalue weighted by Gasteiger charge is 2.35. The third-order valence-corrected chi connectivity index (χ3v) is 13.6. The van der Waals surface area contributed by atoms with Crippen molar-refractivity contribution in [2.24, 2.45) is 0 Å². The van der Waals surface area contributed by atoms with Crippen molar-refractivity contribution in [2.45, 2.75) is 71.4 Å². The lowest BCUT2D eigenvalue weighted by Gasteiger charge is -2.29. The summed E-state index contributed by atoms with van der Waals surface area (Å²) in [6.45, 7) is 8.51. The number of nitrogens with zero attached hydrogens (tertiary/aromatic N) is 8. The number of carbonyl (C=O) groups excluding carboxylic acids is 2. The third kappa shape index (κ3) is 16.7. The van der Waals surface area contributed by atoms with Crippen molar-refractivity contribution in [3.05, 3.63) is 103 Å². The van der Waals surface area contributed by atoms with E-state index in [4.69, 9.17) is 56.0 Å². The first-order chi connectivity index (χ1) is 33.0. The third-order valence-electron chi connectivity index (χ3n) is 9.54. The number of hydrogen-bond donors (Lipinski definition) is 3. The van der Waals surface area contributed by atoms with Gasteiger partial charge in [-0.25, -0.2) is 44.1 Å². The van der Waals surface area contributed by atoms with Gasteiger partial charge in [0, 0.05) is 17.7 Å². The number of ether oxygens (including phenoxy) is 4. The fraction of sp³-hybridized carbons (Fsp3) is 0.372. The van der Waals surface area contributed by atoms with Crippen molar-refractivity contribution < 1.29 is 61.1 Å². The minimum absolute atomic E-state index is 0.0911. The molecule has 1 aliphatic rings. The Labute approximate surface area is 401 Å². The quantitative estimate of drug-likeness (QED) is 0.0179. The number of esters is 1. The fourth-order valence-electron chi connectivity index (χ4n) is 6.44. The largest absolute Gasteiger partial charge is 0.478 e. The van der Waals surface area contributed by atoms with Crippen LogP contribution in [-0.2, 0) is 64.6 Å². The number of aromatic nitrogens is 8. The molecule has 6 aromatic rings. The van der Waals surface area contributed by atoms with E-state index in [1.807, 2.05) is 28.8 Å². The van der Waals surface area contributed by atoms with Gasteiger partial charge in [-0.1, -0.05) is 41.9 Å². The number of para-hydroxylation sites is 1. The van der Waals surface area contributed by atoms with Crippen LogP contribution in [0.15, 0.2) is 92.2 Å². The number of carbonyl (C=O) groups is 3. The van der Waals surface area contributed by atoms with E-state index >= 15 is 0 Å². The number of anilines is 2. The fourth-order valence-corrected chi connectivity index (χ4v) is 10.4. The first kappa shape index (κ1) is 53.6. The Morgan fingerprint density at radius 1 is 0.957 bits per heavy atom. The molecule has 5 N–H and O–H groups in total. The van der Waals surface area contributed by atoms with Gasteiger partial charge in [-0.05, 0) is 69.9 Å². The van der Waals surface area contributed by atoms with E-state index in [0.717, 1.165) is 18.2 Å². The summed E-state index contributed by atoms with van der Waals surface area (Å²) in [5, 5.41) is 8.54. The van der Waals surface area contributed by atoms with Gasteiger partial charge in [0.1, 0.15) is 42.0 Å². The number of carboxylic acids is 1. The number of imidazole rings is 2. The SMILES string of the molecule is CC(C)OC(=O)C(C)O[P@](=O)(CO[C@H](C)Cn1cnc2c(N)ncnc21)Oc1ccccc1.Nc1ncnc2c1ncn2CCOCP1(=O)C[C@H](c2cccc(Cl)c2)CCO1.O=CO/C=C/C(=O)O. The van der Waals surface area contributed by atoms with Crippen LogP contribution >= 0.6 is 26.6 Å². The van der Waals surface area contributed by atoms with E-state index < -0.39 is 39.1 Å². The number of fused-ring (bicyclic) bond motifs is 2. The van der Waals surface area contributed by atoms with E-state index in [9.17, 15) is 23.5 Å². The second-order valence-electron chi connectivity index (χ2n) is 15.3. The normalized spacial score (nSPS) is 17.4. The van der Waals surface area contributed by atoms with Crippen LogP contribution in [0.4, 0.5) is 11.6 Å². The van der Waals surface area contributed by atoms with Gasteiger partial charge in [0.15, 0.2) is 35.4 Å². The van der Waals surface area contributed by atoms with E-state index in [0.29, 0.717) is 77.5 Å². The highest BCUT2D eigenvalue weighted by atomic mass is 35.5. The molecule has 0 amide bonds. The topological polar surface area (TPSA) is 309 Å². The monoisotopic (exact) mass is 1010 g/mol. The van der Waals surface area contributed by atoms with Crippen LogP contribution in [0.25, 0.3) is 22.3 Å². The van der Waals surface area contributed by atoms with Gasteiger partial charge in [-0.3, -0.25) is 13.9 Å². The Hall–Kier alpha value is -6.32. The van der Waals surface area contributed by atoms with E-state index in [-0.39, 0.29) is 37.0 Å². The predicted molar refractivity (Wildman–Crippen MR) is 253 cm³/mol. The molecule has 1 aliphatic heterocycles. The minimum Gasteiger partial charge on any atom is -0.478 e. The van der Waals surface area contributed by atoms with E-state index in [2.05, 4.69) is 34.6 Å².